The molecule has 0 radical (unpaired) electrons. The van der Waals surface area contributed by atoms with Gasteiger partial charge in [0.25, 0.3) is 0 Å². The molecule has 2 rings (SSSR count). The molecule has 0 amide bonds. The Kier molecular flexibility index (Phi) is 2.98. The Balaban J connectivity index is 0.000000845. The Hall–Kier alpha value is -0.140. The van der Waals surface area contributed by atoms with E-state index in [2.05, 4.69) is 0 Å². The van der Waals surface area contributed by atoms with Gasteiger partial charge < -0.3 is 0 Å². The fourth-order valence-corrected chi connectivity index (χ4v) is 4.50. The van der Waals surface area contributed by atoms with Gasteiger partial charge in [-0.1, -0.05) is 0 Å². The normalized spacial score (nSPS) is 15.2. The lowest BCUT2D eigenvalue weighted by Gasteiger charge is -1.94. The lowest BCUT2D eigenvalue weighted by molar-refractivity contribution is 0.677. The summed E-state index contributed by atoms with van der Waals surface area (Å²) in [7, 11) is -3.04. The van der Waals surface area contributed by atoms with Crippen LogP contribution in [0.25, 0.3) is 9.40 Å². The van der Waals surface area contributed by atoms with Crippen LogP contribution in [0, 0.1) is 4.78 Å². The molecule has 0 saturated carbocycles. The highest BCUT2D eigenvalue weighted by atomic mass is 35.5. The van der Waals surface area contributed by atoms with E-state index in [0.29, 0.717) is 4.90 Å². The van der Waals surface area contributed by atoms with Crippen molar-refractivity contribution in [3.05, 3.63) is 16.8 Å². The molecule has 0 aliphatic carbocycles. The second kappa shape index (κ2) is 3.55. The lowest BCUT2D eigenvalue weighted by atomic mass is 10.5. The van der Waals surface area contributed by atoms with Gasteiger partial charge in [-0.2, -0.15) is 0 Å². The summed E-state index contributed by atoms with van der Waals surface area (Å²) in [5.41, 5.74) is 0. The zero-order valence-electron chi connectivity index (χ0n) is 6.35. The number of thiophene rings is 2. The summed E-state index contributed by atoms with van der Waals surface area (Å²) < 4.78 is 20.4. The molecule has 0 aliphatic rings. The fourth-order valence-electron chi connectivity index (χ4n) is 0.950. The zero-order chi connectivity index (χ0) is 8.77. The van der Waals surface area contributed by atoms with E-state index >= 15 is 0 Å². The van der Waals surface area contributed by atoms with Gasteiger partial charge in [0.1, 0.15) is 9.92 Å². The smallest absolute Gasteiger partial charge is 0.134 e. The summed E-state index contributed by atoms with van der Waals surface area (Å²) in [4.78, 5) is 0.470. The van der Waals surface area contributed by atoms with Crippen LogP contribution < -0.4 is 5.14 Å². The standard InChI is InChI=1S/C6H6N2OS3.ClH/c7-12(8,9)5-3-11-4-1-2-10-6(4)5;/h1-3H,(H3,7,8,9);1H. The largest absolute Gasteiger partial charge is 0.241 e. The first-order valence-corrected chi connectivity index (χ1v) is 6.48. The van der Waals surface area contributed by atoms with Crippen molar-refractivity contribution in [2.24, 2.45) is 5.14 Å². The van der Waals surface area contributed by atoms with Crippen LogP contribution in [0.15, 0.2) is 21.7 Å². The van der Waals surface area contributed by atoms with E-state index in [9.17, 15) is 4.21 Å². The van der Waals surface area contributed by atoms with Gasteiger partial charge >= 0.3 is 0 Å². The van der Waals surface area contributed by atoms with Gasteiger partial charge in [0.05, 0.1) is 9.60 Å². The molecule has 2 aromatic rings. The van der Waals surface area contributed by atoms with Gasteiger partial charge in [0, 0.05) is 10.1 Å². The van der Waals surface area contributed by atoms with Crippen molar-refractivity contribution >= 4 is 54.4 Å². The molecular weight excluding hydrogens is 248 g/mol. The van der Waals surface area contributed by atoms with Crippen molar-refractivity contribution < 1.29 is 4.21 Å². The second-order valence-electron chi connectivity index (χ2n) is 2.31. The number of hydrogen-bond donors (Lipinski definition) is 2. The summed E-state index contributed by atoms with van der Waals surface area (Å²) >= 11 is 2.96. The summed E-state index contributed by atoms with van der Waals surface area (Å²) in [5.74, 6) is 0. The minimum atomic E-state index is -3.04. The molecule has 1 atom stereocenters. The van der Waals surface area contributed by atoms with E-state index in [1.54, 1.807) is 5.38 Å². The Morgan fingerprint density at radius 3 is 2.77 bits per heavy atom. The van der Waals surface area contributed by atoms with Crippen molar-refractivity contribution in [3.63, 3.8) is 0 Å². The lowest BCUT2D eigenvalue weighted by Crippen LogP contribution is -2.08. The predicted molar refractivity (Wildman–Crippen MR) is 60.3 cm³/mol. The summed E-state index contributed by atoms with van der Waals surface area (Å²) in [5, 5.41) is 8.85. The Bertz CT molecular complexity index is 513. The topological polar surface area (TPSA) is 66.9 Å². The van der Waals surface area contributed by atoms with Crippen LogP contribution in [0.4, 0.5) is 0 Å². The minimum Gasteiger partial charge on any atom is -0.241 e. The van der Waals surface area contributed by atoms with Gasteiger partial charge in [0.2, 0.25) is 0 Å². The molecular formula is C6H7ClN2OS3. The molecule has 2 heterocycles. The van der Waals surface area contributed by atoms with E-state index in [1.165, 1.54) is 22.7 Å². The molecule has 3 nitrogen and oxygen atoms in total. The highest BCUT2D eigenvalue weighted by Crippen LogP contribution is 2.32. The van der Waals surface area contributed by atoms with E-state index in [0.717, 1.165) is 9.40 Å². The SMILES string of the molecule is Cl.N=S(N)(=O)c1csc2ccsc12. The minimum absolute atomic E-state index is 0. The first-order valence-electron chi connectivity index (χ1n) is 3.10. The summed E-state index contributed by atoms with van der Waals surface area (Å²) in [6, 6.07) is 1.94. The molecule has 0 spiro atoms. The Morgan fingerprint density at radius 2 is 2.15 bits per heavy atom. The molecule has 13 heavy (non-hydrogen) atoms. The molecule has 72 valence electrons. The Labute approximate surface area is 90.1 Å². The number of hydrogen-bond acceptors (Lipinski definition) is 4. The van der Waals surface area contributed by atoms with Gasteiger partial charge in [-0.15, -0.1) is 35.1 Å². The average molecular weight is 255 g/mol. The molecule has 7 heteroatoms. The molecule has 3 N–H and O–H groups in total. The molecule has 0 fully saturated rings. The van der Waals surface area contributed by atoms with Crippen molar-refractivity contribution in [3.8, 4) is 0 Å². The van der Waals surface area contributed by atoms with Crippen LogP contribution in [0.5, 0.6) is 0 Å². The third-order valence-electron chi connectivity index (χ3n) is 1.47. The summed E-state index contributed by atoms with van der Waals surface area (Å²) in [6.45, 7) is 0. The first-order chi connectivity index (χ1) is 5.59. The van der Waals surface area contributed by atoms with Crippen molar-refractivity contribution in [2.75, 3.05) is 0 Å². The molecule has 1 unspecified atom stereocenters. The van der Waals surface area contributed by atoms with Crippen LogP contribution in [-0.2, 0) is 9.92 Å². The number of nitrogens with one attached hydrogen (secondary N) is 1. The monoisotopic (exact) mass is 254 g/mol. The fraction of sp³-hybridized carbons (Fsp3) is 0. The highest BCUT2D eigenvalue weighted by molar-refractivity contribution is 7.90. The van der Waals surface area contributed by atoms with Gasteiger partial charge in [0.15, 0.2) is 0 Å². The van der Waals surface area contributed by atoms with Crippen LogP contribution in [0.1, 0.15) is 0 Å². The average Bonchev–Trinajstić information content (AvgIpc) is 2.37. The predicted octanol–water partition coefficient (Wildman–Crippen LogP) is 2.66. The maximum Gasteiger partial charge on any atom is 0.134 e. The quantitative estimate of drug-likeness (QED) is 0.807. The van der Waals surface area contributed by atoms with E-state index in [1.807, 2.05) is 11.4 Å². The molecule has 0 bridgehead atoms. The zero-order valence-corrected chi connectivity index (χ0v) is 9.62. The Morgan fingerprint density at radius 1 is 1.46 bits per heavy atom. The van der Waals surface area contributed by atoms with E-state index < -0.39 is 9.92 Å². The molecule has 2 aromatic heterocycles. The number of fused-ring (bicyclic) bond motifs is 1. The van der Waals surface area contributed by atoms with Crippen LogP contribution in [0.3, 0.4) is 0 Å². The van der Waals surface area contributed by atoms with Crippen molar-refractivity contribution in [1.29, 1.82) is 4.78 Å². The van der Waals surface area contributed by atoms with Gasteiger partial charge in [-0.25, -0.2) is 14.1 Å². The van der Waals surface area contributed by atoms with E-state index in [4.69, 9.17) is 9.92 Å². The van der Waals surface area contributed by atoms with Crippen molar-refractivity contribution in [1.82, 2.24) is 0 Å². The first kappa shape index (κ1) is 10.9. The van der Waals surface area contributed by atoms with Crippen LogP contribution in [-0.4, -0.2) is 4.21 Å². The number of halogens is 1. The maximum atomic E-state index is 11.2. The number of nitrogens with two attached hydrogens (primary N) is 1. The molecule has 0 aromatic carbocycles. The van der Waals surface area contributed by atoms with Gasteiger partial charge in [-0.05, 0) is 11.4 Å². The maximum absolute atomic E-state index is 11.2. The summed E-state index contributed by atoms with van der Waals surface area (Å²) in [6.07, 6.45) is 0. The highest BCUT2D eigenvalue weighted by Gasteiger charge is 2.11. The third-order valence-corrected chi connectivity index (χ3v) is 4.75. The van der Waals surface area contributed by atoms with E-state index in [-0.39, 0.29) is 12.4 Å². The van der Waals surface area contributed by atoms with Crippen LogP contribution >= 0.6 is 35.1 Å². The number of rotatable bonds is 1. The van der Waals surface area contributed by atoms with Gasteiger partial charge in [-0.3, -0.25) is 0 Å². The molecule has 0 saturated heterocycles. The second-order valence-corrected chi connectivity index (χ2v) is 5.78. The third kappa shape index (κ3) is 1.87. The van der Waals surface area contributed by atoms with Crippen molar-refractivity contribution in [2.45, 2.75) is 4.90 Å². The van der Waals surface area contributed by atoms with Crippen LogP contribution in [0.2, 0.25) is 0 Å². The molecule has 0 aliphatic heterocycles.